The monoisotopic (exact) mass is 1070 g/mol. The number of hydrogen-bond acceptors (Lipinski definition) is 9. The molecule has 422 valence electrons. The van der Waals surface area contributed by atoms with Crippen LogP contribution in [0.5, 0.6) is 0 Å². The summed E-state index contributed by atoms with van der Waals surface area (Å²) >= 11 is 0. The third-order valence-corrected chi connectivity index (χ3v) is 24.2. The first-order chi connectivity index (χ1) is 37.6. The van der Waals surface area contributed by atoms with E-state index in [1.807, 2.05) is 17.0 Å². The number of piperazine rings is 1. The van der Waals surface area contributed by atoms with E-state index in [-0.39, 0.29) is 40.1 Å². The molecular formula is C65H88FN5O7. The Labute approximate surface area is 462 Å². The largest absolute Gasteiger partial charge is 0.376 e. The van der Waals surface area contributed by atoms with Crippen molar-refractivity contribution in [1.29, 1.82) is 0 Å². The number of carbonyl (C=O) groups excluding carboxylic acids is 4. The van der Waals surface area contributed by atoms with Crippen LogP contribution < -0.4 is 5.56 Å². The number of halogens is 1. The summed E-state index contributed by atoms with van der Waals surface area (Å²) in [6.07, 6.45) is 20.8. The normalized spacial score (nSPS) is 37.4. The van der Waals surface area contributed by atoms with Crippen molar-refractivity contribution in [3.63, 3.8) is 0 Å². The molecule has 0 radical (unpaired) electrons. The van der Waals surface area contributed by atoms with Crippen molar-refractivity contribution in [2.45, 2.75) is 168 Å². The van der Waals surface area contributed by atoms with Crippen LogP contribution in [0.2, 0.25) is 0 Å². The quantitative estimate of drug-likeness (QED) is 0.167. The van der Waals surface area contributed by atoms with Crippen LogP contribution in [0.3, 0.4) is 0 Å². The molecule has 1 saturated heterocycles. The number of ether oxygens (including phenoxy) is 2. The number of rotatable bonds is 14. The van der Waals surface area contributed by atoms with E-state index in [4.69, 9.17) is 9.47 Å². The van der Waals surface area contributed by atoms with Gasteiger partial charge in [0.25, 0.3) is 11.5 Å². The molecule has 3 aromatic rings. The minimum Gasteiger partial charge on any atom is -0.376 e. The Balaban J connectivity index is 0.672. The molecule has 12 rings (SSSR count). The molecule has 8 saturated carbocycles. The third-order valence-electron chi connectivity index (χ3n) is 24.2. The highest BCUT2D eigenvalue weighted by Gasteiger charge is 2.62. The zero-order valence-corrected chi connectivity index (χ0v) is 47.3. The van der Waals surface area contributed by atoms with Gasteiger partial charge in [-0.3, -0.25) is 28.9 Å². The molecule has 14 atom stereocenters. The van der Waals surface area contributed by atoms with Crippen LogP contribution in [0.4, 0.5) is 4.39 Å². The predicted molar refractivity (Wildman–Crippen MR) is 298 cm³/mol. The van der Waals surface area contributed by atoms with Crippen molar-refractivity contribution in [3.05, 3.63) is 75.5 Å². The van der Waals surface area contributed by atoms with Gasteiger partial charge in [-0.15, -0.1) is 0 Å². The van der Waals surface area contributed by atoms with Gasteiger partial charge >= 0.3 is 0 Å². The van der Waals surface area contributed by atoms with Gasteiger partial charge in [-0.1, -0.05) is 52.0 Å². The summed E-state index contributed by atoms with van der Waals surface area (Å²) in [5, 5.41) is 8.09. The van der Waals surface area contributed by atoms with E-state index >= 15 is 4.39 Å². The molecule has 0 unspecified atom stereocenters. The molecule has 0 bridgehead atoms. The summed E-state index contributed by atoms with van der Waals surface area (Å²) in [7, 11) is 0. The second kappa shape index (κ2) is 21.5. The van der Waals surface area contributed by atoms with Crippen molar-refractivity contribution in [2.75, 3.05) is 59.0 Å². The lowest BCUT2D eigenvalue weighted by atomic mass is 9.45. The fourth-order valence-corrected chi connectivity index (χ4v) is 19.6. The highest BCUT2D eigenvalue weighted by molar-refractivity contribution is 5.95. The van der Waals surface area contributed by atoms with Gasteiger partial charge in [-0.2, -0.15) is 5.10 Å². The van der Waals surface area contributed by atoms with Gasteiger partial charge < -0.3 is 19.3 Å². The highest BCUT2D eigenvalue weighted by atomic mass is 19.1. The third kappa shape index (κ3) is 9.74. The fourth-order valence-electron chi connectivity index (χ4n) is 19.6. The van der Waals surface area contributed by atoms with Gasteiger partial charge in [0.1, 0.15) is 17.4 Å². The Kier molecular flexibility index (Phi) is 15.0. The number of hydrogen-bond donors (Lipinski definition) is 1. The number of aromatic nitrogens is 2. The van der Waals surface area contributed by atoms with E-state index in [9.17, 15) is 24.0 Å². The molecule has 9 aliphatic rings. The summed E-state index contributed by atoms with van der Waals surface area (Å²) in [5.41, 5.74) is 1.97. The number of fused-ring (bicyclic) bond motifs is 11. The minimum absolute atomic E-state index is 0.00925. The van der Waals surface area contributed by atoms with Crippen molar-refractivity contribution >= 4 is 34.2 Å². The number of benzene rings is 2. The number of H-pyrrole nitrogens is 1. The maximum absolute atomic E-state index is 15.4. The van der Waals surface area contributed by atoms with Crippen LogP contribution in [0.15, 0.2) is 47.3 Å². The number of Topliss-reactive ketones (excluding diaryl/α,β-unsaturated/α-hetero) is 2. The maximum Gasteiger partial charge on any atom is 0.272 e. The van der Waals surface area contributed by atoms with E-state index in [1.54, 1.807) is 29.2 Å². The molecule has 2 heterocycles. The first-order valence-electron chi connectivity index (χ1n) is 30.9. The van der Waals surface area contributed by atoms with Gasteiger partial charge in [0.15, 0.2) is 0 Å². The van der Waals surface area contributed by atoms with E-state index in [0.29, 0.717) is 139 Å². The Morgan fingerprint density at radius 3 is 1.76 bits per heavy atom. The molecule has 13 heteroatoms. The molecule has 1 aliphatic heterocycles. The molecule has 0 spiro atoms. The lowest BCUT2D eigenvalue weighted by Gasteiger charge is -2.60. The van der Waals surface area contributed by atoms with Crippen LogP contribution in [0.25, 0.3) is 10.8 Å². The first-order valence-corrected chi connectivity index (χ1v) is 30.9. The van der Waals surface area contributed by atoms with E-state index in [2.05, 4.69) is 42.8 Å². The molecule has 8 aliphatic carbocycles. The van der Waals surface area contributed by atoms with Crippen LogP contribution in [0, 0.1) is 74.8 Å². The van der Waals surface area contributed by atoms with Gasteiger partial charge in [-0.25, -0.2) is 9.49 Å². The zero-order chi connectivity index (χ0) is 54.1. The van der Waals surface area contributed by atoms with Gasteiger partial charge in [-0.05, 0) is 183 Å². The van der Waals surface area contributed by atoms with Crippen molar-refractivity contribution < 1.29 is 33.0 Å². The van der Waals surface area contributed by atoms with Crippen LogP contribution >= 0.6 is 0 Å². The van der Waals surface area contributed by atoms with Crippen molar-refractivity contribution in [1.82, 2.24) is 24.9 Å². The molecule has 12 nitrogen and oxygen atoms in total. The molecule has 2 aromatic carbocycles. The number of aromatic amines is 1. The number of nitrogens with one attached hydrogen (secondary N) is 1. The standard InChI is InChI=1S/C65H88FN5O7/c1-62-24-19-44(72)39-42(62)10-12-48-51-14-17-57(64(51,3)26-21-53(48)62)77-35-33-69(34-36-78-58-18-15-52-49-13-11-43-40-45(73)20-25-63(43,2)54(49)22-27-65(52,58)4)28-23-59(74)70-29-31-71(32-30-70)61(76)50-37-41(9-16-55(50)66)38-56-46-7-5-6-8-47(46)60(75)68-67-56/h5-9,16,37,42-43,48-49,51-54,57-58H,10-15,17-36,38-40H2,1-4H3,(H,68,75)/t42-,43-,48-,49-,51-,52-,53-,54-,57-,58-,62-,63-,64-,65-/m0/s1. The first kappa shape index (κ1) is 54.3. The average Bonchev–Trinajstić information content (AvgIpc) is 4.16. The van der Waals surface area contributed by atoms with Crippen molar-refractivity contribution in [3.8, 4) is 0 Å². The molecule has 1 aromatic heterocycles. The number of amides is 2. The second-order valence-electron chi connectivity index (χ2n) is 27.6. The predicted octanol–water partition coefficient (Wildman–Crippen LogP) is 10.6. The van der Waals surface area contributed by atoms with Crippen LogP contribution in [-0.2, 0) is 30.3 Å². The van der Waals surface area contributed by atoms with E-state index in [1.165, 1.54) is 70.3 Å². The minimum atomic E-state index is -0.593. The summed E-state index contributed by atoms with van der Waals surface area (Å²) in [4.78, 5) is 71.4. The molecule has 78 heavy (non-hydrogen) atoms. The topological polar surface area (TPSA) is 142 Å². The fraction of sp³-hybridized carbons (Fsp3) is 0.723. The van der Waals surface area contributed by atoms with Crippen LogP contribution in [-0.4, -0.2) is 120 Å². The van der Waals surface area contributed by atoms with Gasteiger partial charge in [0.05, 0.1) is 42.1 Å². The Bertz CT molecular complexity index is 2740. The summed E-state index contributed by atoms with van der Waals surface area (Å²) in [6, 6.07) is 11.8. The van der Waals surface area contributed by atoms with Gasteiger partial charge in [0, 0.05) is 89.7 Å². The maximum atomic E-state index is 15.4. The second-order valence-corrected chi connectivity index (χ2v) is 27.6. The molecule has 9 fully saturated rings. The smallest absolute Gasteiger partial charge is 0.272 e. The van der Waals surface area contributed by atoms with Gasteiger partial charge in [0.2, 0.25) is 5.91 Å². The molecule has 2 amide bonds. The van der Waals surface area contributed by atoms with Crippen molar-refractivity contribution in [2.24, 2.45) is 69.0 Å². The Morgan fingerprint density at radius 2 is 1.18 bits per heavy atom. The SMILES string of the molecule is C[C@]12CCC(=O)C[C@@H]1CC[C@@H]1[C@@H]2CC[C@]2(C)[C@@H](OCCN(CCO[C@H]3CC[C@H]4[C@@H]5CC[C@H]6CC(=O)CC[C@]6(C)[C@H]5CC[C@]34C)CCC(=O)N3CCN(C(=O)c4cc(Cc5n[nH]c(=O)c6ccccc56)ccc4F)CC3)CC[C@@H]12. The summed E-state index contributed by atoms with van der Waals surface area (Å²) < 4.78 is 29.5. The number of ketones is 2. The summed E-state index contributed by atoms with van der Waals surface area (Å²) in [6.45, 7) is 14.8. The highest BCUT2D eigenvalue weighted by Crippen LogP contribution is 2.68. The van der Waals surface area contributed by atoms with E-state index < -0.39 is 11.7 Å². The average molecular weight is 1070 g/mol. The van der Waals surface area contributed by atoms with E-state index in [0.717, 1.165) is 76.3 Å². The Morgan fingerprint density at radius 1 is 0.641 bits per heavy atom. The lowest BCUT2D eigenvalue weighted by Crippen LogP contribution is -2.54. The number of carbonyl (C=O) groups is 4. The zero-order valence-electron chi connectivity index (χ0n) is 47.3. The lowest BCUT2D eigenvalue weighted by molar-refractivity contribution is -0.146. The Hall–Kier alpha value is -4.33. The number of nitrogens with zero attached hydrogens (tertiary/aromatic N) is 4. The molecular weight excluding hydrogens is 982 g/mol. The summed E-state index contributed by atoms with van der Waals surface area (Å²) in [5.74, 6) is 5.35. The van der Waals surface area contributed by atoms with Crippen LogP contribution in [0.1, 0.15) is 171 Å². The molecule has 1 N–H and O–H groups in total.